The van der Waals surface area contributed by atoms with Gasteiger partial charge in [-0.1, -0.05) is 24.3 Å². The number of halogens is 1. The number of fused-ring (bicyclic) bond motifs is 1. The summed E-state index contributed by atoms with van der Waals surface area (Å²) in [6.07, 6.45) is 1.03. The number of aryl methyl sites for hydroxylation is 1. The van der Waals surface area contributed by atoms with Crippen molar-refractivity contribution in [3.05, 3.63) is 82.8 Å². The summed E-state index contributed by atoms with van der Waals surface area (Å²) in [5.41, 5.74) is 6.70. The molecule has 0 saturated carbocycles. The van der Waals surface area contributed by atoms with Gasteiger partial charge in [0.2, 0.25) is 0 Å². The smallest absolute Gasteiger partial charge is 0.123 e. The first-order chi connectivity index (χ1) is 12.6. The van der Waals surface area contributed by atoms with E-state index >= 15 is 0 Å². The monoisotopic (exact) mass is 347 g/mol. The third-order valence-electron chi connectivity index (χ3n) is 5.12. The number of benzene rings is 2. The van der Waals surface area contributed by atoms with Crippen LogP contribution in [0.4, 0.5) is 4.39 Å². The minimum atomic E-state index is -0.187. The number of nitrogens with zero attached hydrogens (tertiary/aromatic N) is 3. The maximum absolute atomic E-state index is 13.3. The van der Waals surface area contributed by atoms with Gasteiger partial charge in [-0.15, -0.1) is 0 Å². The van der Waals surface area contributed by atoms with E-state index in [0.717, 1.165) is 36.5 Å². The Morgan fingerprint density at radius 3 is 2.54 bits per heavy atom. The van der Waals surface area contributed by atoms with Crippen molar-refractivity contribution in [3.8, 4) is 11.3 Å². The highest BCUT2D eigenvalue weighted by Gasteiger charge is 2.23. The topological polar surface area (TPSA) is 29.0 Å². The highest BCUT2D eigenvalue weighted by Crippen LogP contribution is 2.35. The van der Waals surface area contributed by atoms with Gasteiger partial charge >= 0.3 is 0 Å². The van der Waals surface area contributed by atoms with Crippen molar-refractivity contribution in [1.29, 1.82) is 0 Å². The average Bonchev–Trinajstić information content (AvgIpc) is 2.81. The van der Waals surface area contributed by atoms with Crippen LogP contribution in [-0.4, -0.2) is 28.7 Å². The van der Waals surface area contributed by atoms with Gasteiger partial charge in [-0.2, -0.15) is 10.2 Å². The minimum Gasteiger partial charge on any atom is -0.302 e. The molecule has 0 saturated heterocycles. The summed E-state index contributed by atoms with van der Waals surface area (Å²) >= 11 is 0. The van der Waals surface area contributed by atoms with Crippen molar-refractivity contribution >= 4 is 0 Å². The first-order valence-corrected chi connectivity index (χ1v) is 8.98. The predicted octanol–water partition coefficient (Wildman–Crippen LogP) is 4.56. The van der Waals surface area contributed by atoms with Crippen LogP contribution in [0.3, 0.4) is 0 Å². The van der Waals surface area contributed by atoms with E-state index in [0.29, 0.717) is 0 Å². The molecule has 3 nitrogen and oxygen atoms in total. The molecule has 132 valence electrons. The normalized spacial score (nSPS) is 17.6. The minimum absolute atomic E-state index is 0.187. The van der Waals surface area contributed by atoms with Crippen molar-refractivity contribution in [1.82, 2.24) is 15.1 Å². The van der Waals surface area contributed by atoms with E-state index in [1.165, 1.54) is 16.7 Å². The molecule has 1 aliphatic rings. The van der Waals surface area contributed by atoms with Crippen LogP contribution in [0.1, 0.15) is 34.7 Å². The van der Waals surface area contributed by atoms with E-state index in [1.54, 1.807) is 12.1 Å². The SMILES string of the molecule is Cc1ccc(-c2ccc3c(c2)CN(C)CCC3c2ccc(F)cc2)nn1. The highest BCUT2D eigenvalue weighted by molar-refractivity contribution is 5.61. The molecule has 3 aromatic rings. The Bertz CT molecular complexity index is 904. The lowest BCUT2D eigenvalue weighted by atomic mass is 9.86. The molecular formula is C22H22FN3. The van der Waals surface area contributed by atoms with Gasteiger partial charge in [-0.3, -0.25) is 0 Å². The van der Waals surface area contributed by atoms with Gasteiger partial charge in [0.15, 0.2) is 0 Å². The first-order valence-electron chi connectivity index (χ1n) is 8.98. The Morgan fingerprint density at radius 1 is 1.00 bits per heavy atom. The van der Waals surface area contributed by atoms with Gasteiger partial charge in [0.25, 0.3) is 0 Å². The molecule has 0 N–H and O–H groups in total. The second kappa shape index (κ2) is 6.96. The lowest BCUT2D eigenvalue weighted by Gasteiger charge is -2.18. The van der Waals surface area contributed by atoms with Crippen molar-refractivity contribution in [2.75, 3.05) is 13.6 Å². The molecule has 0 bridgehead atoms. The molecule has 0 radical (unpaired) electrons. The van der Waals surface area contributed by atoms with Crippen LogP contribution < -0.4 is 0 Å². The fraction of sp³-hybridized carbons (Fsp3) is 0.273. The van der Waals surface area contributed by atoms with Crippen molar-refractivity contribution < 1.29 is 4.39 Å². The molecule has 0 amide bonds. The maximum atomic E-state index is 13.3. The zero-order chi connectivity index (χ0) is 18.1. The largest absolute Gasteiger partial charge is 0.302 e. The molecule has 0 aliphatic carbocycles. The zero-order valence-electron chi connectivity index (χ0n) is 15.1. The molecule has 0 spiro atoms. The van der Waals surface area contributed by atoms with E-state index in [-0.39, 0.29) is 11.7 Å². The fourth-order valence-electron chi connectivity index (χ4n) is 3.71. The molecule has 0 fully saturated rings. The lowest BCUT2D eigenvalue weighted by molar-refractivity contribution is 0.328. The van der Waals surface area contributed by atoms with Crippen molar-refractivity contribution in [2.24, 2.45) is 0 Å². The predicted molar refractivity (Wildman–Crippen MR) is 101 cm³/mol. The van der Waals surface area contributed by atoms with E-state index in [4.69, 9.17) is 0 Å². The summed E-state index contributed by atoms with van der Waals surface area (Å²) in [7, 11) is 2.15. The third kappa shape index (κ3) is 3.37. The van der Waals surface area contributed by atoms with E-state index in [9.17, 15) is 4.39 Å². The quantitative estimate of drug-likeness (QED) is 0.680. The standard InChI is InChI=1S/C22H22FN3/c1-15-3-10-22(25-24-15)17-6-9-20-18(13-17)14-26(2)12-11-21(20)16-4-7-19(23)8-5-16/h3-10,13,21H,11-12,14H2,1-2H3. The summed E-state index contributed by atoms with van der Waals surface area (Å²) in [6, 6.07) is 17.5. The second-order valence-electron chi connectivity index (χ2n) is 7.10. The maximum Gasteiger partial charge on any atom is 0.123 e. The van der Waals surface area contributed by atoms with Crippen LogP contribution in [0.15, 0.2) is 54.6 Å². The van der Waals surface area contributed by atoms with Crippen LogP contribution in [0.5, 0.6) is 0 Å². The van der Waals surface area contributed by atoms with Crippen LogP contribution in [0.2, 0.25) is 0 Å². The Balaban J connectivity index is 1.76. The molecule has 1 aromatic heterocycles. The summed E-state index contributed by atoms with van der Waals surface area (Å²) in [5, 5.41) is 8.50. The van der Waals surface area contributed by atoms with Gasteiger partial charge in [-0.25, -0.2) is 4.39 Å². The molecule has 1 unspecified atom stereocenters. The van der Waals surface area contributed by atoms with Gasteiger partial charge in [0.1, 0.15) is 5.82 Å². The van der Waals surface area contributed by atoms with E-state index < -0.39 is 0 Å². The summed E-state index contributed by atoms with van der Waals surface area (Å²) in [4.78, 5) is 2.34. The van der Waals surface area contributed by atoms with Gasteiger partial charge in [0.05, 0.1) is 11.4 Å². The van der Waals surface area contributed by atoms with Gasteiger partial charge in [-0.05, 0) is 74.0 Å². The molecule has 26 heavy (non-hydrogen) atoms. The Kier molecular flexibility index (Phi) is 4.51. The molecule has 1 atom stereocenters. The molecule has 4 rings (SSSR count). The number of hydrogen-bond donors (Lipinski definition) is 0. The Hall–Kier alpha value is -2.59. The van der Waals surface area contributed by atoms with Crippen molar-refractivity contribution in [3.63, 3.8) is 0 Å². The first kappa shape index (κ1) is 16.9. The lowest BCUT2D eigenvalue weighted by Crippen LogP contribution is -2.17. The molecular weight excluding hydrogens is 325 g/mol. The number of aromatic nitrogens is 2. The highest BCUT2D eigenvalue weighted by atomic mass is 19.1. The van der Waals surface area contributed by atoms with Crippen LogP contribution in [0.25, 0.3) is 11.3 Å². The number of rotatable bonds is 2. The summed E-state index contributed by atoms with van der Waals surface area (Å²) in [5.74, 6) is 0.0988. The molecule has 2 heterocycles. The van der Waals surface area contributed by atoms with Gasteiger partial charge < -0.3 is 4.90 Å². The van der Waals surface area contributed by atoms with E-state index in [2.05, 4.69) is 40.3 Å². The van der Waals surface area contributed by atoms with Crippen LogP contribution in [0, 0.1) is 12.7 Å². The molecule has 4 heteroatoms. The molecule has 1 aliphatic heterocycles. The fourth-order valence-corrected chi connectivity index (χ4v) is 3.71. The van der Waals surface area contributed by atoms with Crippen LogP contribution in [-0.2, 0) is 6.54 Å². The zero-order valence-corrected chi connectivity index (χ0v) is 15.1. The number of hydrogen-bond acceptors (Lipinski definition) is 3. The molecule has 2 aromatic carbocycles. The second-order valence-corrected chi connectivity index (χ2v) is 7.10. The van der Waals surface area contributed by atoms with Crippen LogP contribution >= 0.6 is 0 Å². The Morgan fingerprint density at radius 2 is 1.81 bits per heavy atom. The summed E-state index contributed by atoms with van der Waals surface area (Å²) in [6.45, 7) is 3.85. The third-order valence-corrected chi connectivity index (χ3v) is 5.12. The summed E-state index contributed by atoms with van der Waals surface area (Å²) < 4.78 is 13.3. The average molecular weight is 347 g/mol. The van der Waals surface area contributed by atoms with E-state index in [1.807, 2.05) is 31.2 Å². The van der Waals surface area contributed by atoms with Crippen molar-refractivity contribution in [2.45, 2.75) is 25.8 Å². The Labute approximate surface area is 153 Å². The van der Waals surface area contributed by atoms with Gasteiger partial charge in [0, 0.05) is 18.0 Å².